The number of hydrogen-bond acceptors (Lipinski definition) is 2. The molecule has 0 spiro atoms. The van der Waals surface area contributed by atoms with E-state index in [2.05, 4.69) is 18.0 Å². The minimum absolute atomic E-state index is 0.271. The lowest BCUT2D eigenvalue weighted by atomic mass is 9.63. The first kappa shape index (κ1) is 22.6. The number of aliphatic imine (C=N–C) groups is 1. The number of benzene rings is 2. The molecule has 4 atom stereocenters. The van der Waals surface area contributed by atoms with Crippen molar-refractivity contribution in [1.29, 1.82) is 0 Å². The van der Waals surface area contributed by atoms with E-state index >= 15 is 4.39 Å². The number of halogens is 2. The van der Waals surface area contributed by atoms with Gasteiger partial charge in [0.2, 0.25) is 5.90 Å². The third kappa shape index (κ3) is 4.58. The average Bonchev–Trinajstić information content (AvgIpc) is 3.17. The van der Waals surface area contributed by atoms with Crippen molar-refractivity contribution in [3.8, 4) is 11.1 Å². The zero-order chi connectivity index (χ0) is 23.2. The maximum absolute atomic E-state index is 15.2. The van der Waals surface area contributed by atoms with Gasteiger partial charge in [0.15, 0.2) is 0 Å². The molecule has 176 valence electrons. The van der Waals surface area contributed by atoms with Crippen LogP contribution in [0.1, 0.15) is 82.8 Å². The van der Waals surface area contributed by atoms with Gasteiger partial charge in [0.05, 0.1) is 11.1 Å². The number of ether oxygens (including phenoxy) is 1. The number of fused-ring (bicyclic) bond motifs is 1. The van der Waals surface area contributed by atoms with Crippen molar-refractivity contribution < 1.29 is 13.5 Å². The topological polar surface area (TPSA) is 21.6 Å². The van der Waals surface area contributed by atoms with Crippen LogP contribution in [0.15, 0.2) is 41.4 Å². The van der Waals surface area contributed by atoms with E-state index < -0.39 is 5.82 Å². The van der Waals surface area contributed by atoms with Crippen LogP contribution in [0.3, 0.4) is 0 Å². The third-order valence-electron chi connectivity index (χ3n) is 8.24. The van der Waals surface area contributed by atoms with E-state index in [0.29, 0.717) is 35.1 Å². The van der Waals surface area contributed by atoms with Crippen molar-refractivity contribution in [2.75, 3.05) is 6.61 Å². The average molecular weight is 452 g/mol. The largest absolute Gasteiger partial charge is 0.475 e. The molecule has 0 saturated heterocycles. The lowest BCUT2D eigenvalue weighted by Crippen LogP contribution is -2.30. The number of rotatable bonds is 4. The molecule has 1 heterocycles. The second-order valence-electron chi connectivity index (χ2n) is 11.1. The van der Waals surface area contributed by atoms with E-state index in [9.17, 15) is 4.39 Å². The highest BCUT2D eigenvalue weighted by molar-refractivity contribution is 5.96. The molecule has 0 radical (unpaired) electrons. The van der Waals surface area contributed by atoms with Crippen molar-refractivity contribution in [3.05, 3.63) is 59.2 Å². The SMILES string of the molecule is CCC1CC[C@@H]2C[C@H](c3ccc(-c4ccc(C5=NC(C)(C)CO5)c(F)c4)c(F)c3)CC[C@@H]2C1. The predicted molar refractivity (Wildman–Crippen MR) is 130 cm³/mol. The minimum Gasteiger partial charge on any atom is -0.475 e. The van der Waals surface area contributed by atoms with Gasteiger partial charge in [-0.2, -0.15) is 0 Å². The van der Waals surface area contributed by atoms with Gasteiger partial charge >= 0.3 is 0 Å². The second kappa shape index (κ2) is 8.85. The van der Waals surface area contributed by atoms with E-state index in [1.165, 1.54) is 44.6 Å². The number of nitrogens with zero attached hydrogens (tertiary/aromatic N) is 1. The molecular formula is C29H35F2NO. The summed E-state index contributed by atoms with van der Waals surface area (Å²) in [7, 11) is 0. The lowest BCUT2D eigenvalue weighted by molar-refractivity contribution is 0.116. The summed E-state index contributed by atoms with van der Waals surface area (Å²) in [6, 6.07) is 10.4. The van der Waals surface area contributed by atoms with E-state index in [0.717, 1.165) is 29.7 Å². The van der Waals surface area contributed by atoms with Gasteiger partial charge in [-0.25, -0.2) is 13.8 Å². The van der Waals surface area contributed by atoms with Crippen LogP contribution in [-0.2, 0) is 4.74 Å². The molecule has 2 aromatic rings. The minimum atomic E-state index is -0.437. The summed E-state index contributed by atoms with van der Waals surface area (Å²) in [5, 5.41) is 0. The van der Waals surface area contributed by atoms with Crippen LogP contribution in [0.25, 0.3) is 11.1 Å². The summed E-state index contributed by atoms with van der Waals surface area (Å²) in [6.07, 6.45) is 8.98. The van der Waals surface area contributed by atoms with Gasteiger partial charge < -0.3 is 4.74 Å². The fourth-order valence-electron chi connectivity index (χ4n) is 6.26. The summed E-state index contributed by atoms with van der Waals surface area (Å²) in [4.78, 5) is 4.45. The van der Waals surface area contributed by atoms with Crippen molar-refractivity contribution >= 4 is 5.90 Å². The van der Waals surface area contributed by atoms with Gasteiger partial charge in [0.1, 0.15) is 18.2 Å². The summed E-state index contributed by atoms with van der Waals surface area (Å²) in [6.45, 7) is 6.65. The van der Waals surface area contributed by atoms with Gasteiger partial charge in [-0.1, -0.05) is 38.0 Å². The van der Waals surface area contributed by atoms with Crippen LogP contribution in [0, 0.1) is 29.4 Å². The molecule has 2 aromatic carbocycles. The number of hydrogen-bond donors (Lipinski definition) is 0. The first-order chi connectivity index (χ1) is 15.8. The first-order valence-electron chi connectivity index (χ1n) is 12.7. The van der Waals surface area contributed by atoms with Gasteiger partial charge in [-0.15, -0.1) is 0 Å². The standard InChI is InChI=1S/C29H35F2NO/c1-4-18-5-6-20-14-21(8-7-19(20)13-18)22-9-11-24(26(30)15-22)23-10-12-25(27(31)16-23)28-32-29(2,3)17-33-28/h9-12,15-16,18-21H,4-8,13-14,17H2,1-3H3/t18?,19-,20-,21-/m1/s1. The molecule has 5 rings (SSSR count). The van der Waals surface area contributed by atoms with E-state index in [1.54, 1.807) is 18.2 Å². The molecular weight excluding hydrogens is 416 g/mol. The molecule has 0 aromatic heterocycles. The van der Waals surface area contributed by atoms with Crippen molar-refractivity contribution in [3.63, 3.8) is 0 Å². The summed E-state index contributed by atoms with van der Waals surface area (Å²) < 4.78 is 35.6. The molecule has 2 fully saturated rings. The second-order valence-corrected chi connectivity index (χ2v) is 11.1. The normalized spacial score (nSPS) is 28.7. The van der Waals surface area contributed by atoms with Crippen molar-refractivity contribution in [2.24, 2.45) is 22.7 Å². The fraction of sp³-hybridized carbons (Fsp3) is 0.552. The maximum Gasteiger partial charge on any atom is 0.219 e. The van der Waals surface area contributed by atoms with Crippen LogP contribution in [0.2, 0.25) is 0 Å². The Morgan fingerprint density at radius 3 is 2.33 bits per heavy atom. The summed E-state index contributed by atoms with van der Waals surface area (Å²) >= 11 is 0. The molecule has 3 aliphatic rings. The fourth-order valence-corrected chi connectivity index (χ4v) is 6.26. The van der Waals surface area contributed by atoms with E-state index in [4.69, 9.17) is 4.74 Å². The van der Waals surface area contributed by atoms with Crippen molar-refractivity contribution in [1.82, 2.24) is 0 Å². The zero-order valence-corrected chi connectivity index (χ0v) is 20.0. The molecule has 0 bridgehead atoms. The van der Waals surface area contributed by atoms with Gasteiger partial charge in [-0.05, 0) is 98.9 Å². The van der Waals surface area contributed by atoms with Gasteiger partial charge in [-0.3, -0.25) is 0 Å². The third-order valence-corrected chi connectivity index (χ3v) is 8.24. The van der Waals surface area contributed by atoms with Crippen LogP contribution in [0.5, 0.6) is 0 Å². The van der Waals surface area contributed by atoms with E-state index in [1.807, 2.05) is 19.9 Å². The van der Waals surface area contributed by atoms with Crippen LogP contribution < -0.4 is 0 Å². The summed E-state index contributed by atoms with van der Waals surface area (Å²) in [5.74, 6) is 2.62. The van der Waals surface area contributed by atoms with E-state index in [-0.39, 0.29) is 11.4 Å². The molecule has 1 aliphatic heterocycles. The Balaban J connectivity index is 1.32. The van der Waals surface area contributed by atoms with Crippen LogP contribution in [0.4, 0.5) is 8.78 Å². The van der Waals surface area contributed by atoms with Gasteiger partial charge in [0, 0.05) is 5.56 Å². The molecule has 0 N–H and O–H groups in total. The highest BCUT2D eigenvalue weighted by Crippen LogP contribution is 2.48. The smallest absolute Gasteiger partial charge is 0.219 e. The van der Waals surface area contributed by atoms with Crippen molar-refractivity contribution in [2.45, 2.75) is 77.2 Å². The van der Waals surface area contributed by atoms with Crippen LogP contribution >= 0.6 is 0 Å². The first-order valence-corrected chi connectivity index (χ1v) is 12.7. The van der Waals surface area contributed by atoms with Crippen LogP contribution in [-0.4, -0.2) is 18.0 Å². The summed E-state index contributed by atoms with van der Waals surface area (Å²) in [5.41, 5.74) is 2.06. The monoisotopic (exact) mass is 451 g/mol. The molecule has 2 nitrogen and oxygen atoms in total. The Morgan fingerprint density at radius 1 is 0.909 bits per heavy atom. The molecule has 0 amide bonds. The lowest BCUT2D eigenvalue weighted by Gasteiger charge is -2.42. The molecule has 2 saturated carbocycles. The molecule has 1 unspecified atom stereocenters. The Bertz CT molecular complexity index is 1060. The highest BCUT2D eigenvalue weighted by Gasteiger charge is 2.35. The molecule has 4 heteroatoms. The maximum atomic E-state index is 15.2. The molecule has 2 aliphatic carbocycles. The quantitative estimate of drug-likeness (QED) is 0.463. The Hall–Kier alpha value is -2.23. The van der Waals surface area contributed by atoms with Gasteiger partial charge in [0.25, 0.3) is 0 Å². The Labute approximate surface area is 196 Å². The Morgan fingerprint density at radius 2 is 1.64 bits per heavy atom. The zero-order valence-electron chi connectivity index (χ0n) is 20.0. The Kier molecular flexibility index (Phi) is 6.05. The highest BCUT2D eigenvalue weighted by atomic mass is 19.1. The predicted octanol–water partition coefficient (Wildman–Crippen LogP) is 7.90. The molecule has 33 heavy (non-hydrogen) atoms.